The number of nitrogens with zero attached hydrogens (tertiary/aromatic N) is 1. The predicted molar refractivity (Wildman–Crippen MR) is 99.0 cm³/mol. The van der Waals surface area contributed by atoms with Crippen LogP contribution in [0.2, 0.25) is 0 Å². The zero-order valence-electron chi connectivity index (χ0n) is 14.6. The lowest BCUT2D eigenvalue weighted by Gasteiger charge is -2.22. The average Bonchev–Trinajstić information content (AvgIpc) is 3.19. The molecule has 1 aromatic carbocycles. The molecule has 0 unspecified atom stereocenters. The van der Waals surface area contributed by atoms with Crippen molar-refractivity contribution >= 4 is 17.7 Å². The summed E-state index contributed by atoms with van der Waals surface area (Å²) in [6, 6.07) is 12.8. The zero-order chi connectivity index (χ0) is 18.2. The molecule has 1 fully saturated rings. The average molecular weight is 350 g/mol. The molecule has 0 radical (unpaired) electrons. The predicted octanol–water partition coefficient (Wildman–Crippen LogP) is 4.67. The number of carbonyl (C=O) groups excluding carboxylic acids is 1. The number of nitrogens with one attached hydrogen (secondary N) is 1. The summed E-state index contributed by atoms with van der Waals surface area (Å²) in [4.78, 5) is 12.3. The van der Waals surface area contributed by atoms with E-state index in [1.165, 1.54) is 31.6 Å². The summed E-state index contributed by atoms with van der Waals surface area (Å²) in [5.74, 6) is 0.000538. The van der Waals surface area contributed by atoms with Crippen molar-refractivity contribution < 1.29 is 13.9 Å². The molecule has 1 heterocycles. The molecule has 2 aromatic rings. The molecule has 26 heavy (non-hydrogen) atoms. The number of furan rings is 1. The monoisotopic (exact) mass is 350 g/mol. The van der Waals surface area contributed by atoms with Crippen LogP contribution in [0.25, 0.3) is 6.08 Å². The Hall–Kier alpha value is -2.84. The first-order valence-electron chi connectivity index (χ1n) is 8.92. The number of nitriles is 1. The lowest BCUT2D eigenvalue weighted by molar-refractivity contribution is -0.112. The standard InChI is InChI=1S/C21H22N2O3/c22-14-17(13-20-10-5-11-25-20)21(24)23-18-7-4-6-16(12-18)15-26-19-8-2-1-3-9-19/h4-7,10-13,19H,1-3,8-9,15H2,(H,23,24)/b17-13+. The van der Waals surface area contributed by atoms with Crippen molar-refractivity contribution in [3.63, 3.8) is 0 Å². The molecule has 1 N–H and O–H groups in total. The highest BCUT2D eigenvalue weighted by Crippen LogP contribution is 2.22. The van der Waals surface area contributed by atoms with Gasteiger partial charge in [-0.15, -0.1) is 0 Å². The van der Waals surface area contributed by atoms with Gasteiger partial charge in [0.1, 0.15) is 17.4 Å². The summed E-state index contributed by atoms with van der Waals surface area (Å²) in [6.07, 6.45) is 9.27. The third-order valence-corrected chi connectivity index (χ3v) is 4.42. The summed E-state index contributed by atoms with van der Waals surface area (Å²) in [5.41, 5.74) is 1.63. The quantitative estimate of drug-likeness (QED) is 0.606. The Kier molecular flexibility index (Phi) is 6.24. The molecule has 1 aliphatic carbocycles. The van der Waals surface area contributed by atoms with Crippen molar-refractivity contribution in [2.45, 2.75) is 44.8 Å². The van der Waals surface area contributed by atoms with Crippen LogP contribution in [0.5, 0.6) is 0 Å². The lowest BCUT2D eigenvalue weighted by atomic mass is 9.98. The number of hydrogen-bond acceptors (Lipinski definition) is 4. The van der Waals surface area contributed by atoms with Gasteiger partial charge in [-0.2, -0.15) is 5.26 Å². The van der Waals surface area contributed by atoms with Crippen molar-refractivity contribution in [2.24, 2.45) is 0 Å². The number of carbonyl (C=O) groups is 1. The molecule has 3 rings (SSSR count). The maximum Gasteiger partial charge on any atom is 0.266 e. The molecule has 1 aromatic heterocycles. The van der Waals surface area contributed by atoms with Gasteiger partial charge in [-0.3, -0.25) is 4.79 Å². The zero-order valence-corrected chi connectivity index (χ0v) is 14.6. The highest BCUT2D eigenvalue weighted by Gasteiger charge is 2.14. The smallest absolute Gasteiger partial charge is 0.266 e. The molecule has 5 nitrogen and oxygen atoms in total. The van der Waals surface area contributed by atoms with E-state index in [-0.39, 0.29) is 5.57 Å². The van der Waals surface area contributed by atoms with E-state index < -0.39 is 5.91 Å². The van der Waals surface area contributed by atoms with E-state index in [2.05, 4.69) is 5.32 Å². The van der Waals surface area contributed by atoms with Crippen LogP contribution in [-0.4, -0.2) is 12.0 Å². The molecule has 1 saturated carbocycles. The molecule has 0 atom stereocenters. The van der Waals surface area contributed by atoms with E-state index in [1.807, 2.05) is 24.3 Å². The molecule has 134 valence electrons. The van der Waals surface area contributed by atoms with Crippen LogP contribution < -0.4 is 5.32 Å². The van der Waals surface area contributed by atoms with Crippen molar-refractivity contribution in [1.82, 2.24) is 0 Å². The van der Waals surface area contributed by atoms with Gasteiger partial charge < -0.3 is 14.5 Å². The molecule has 1 amide bonds. The first kappa shape index (κ1) is 18.0. The summed E-state index contributed by atoms with van der Waals surface area (Å²) in [5, 5.41) is 12.0. The second-order valence-corrected chi connectivity index (χ2v) is 6.41. The van der Waals surface area contributed by atoms with E-state index in [4.69, 9.17) is 9.15 Å². The van der Waals surface area contributed by atoms with Crippen molar-refractivity contribution in [2.75, 3.05) is 5.32 Å². The van der Waals surface area contributed by atoms with E-state index in [9.17, 15) is 10.1 Å². The van der Waals surface area contributed by atoms with Crippen LogP contribution >= 0.6 is 0 Å². The van der Waals surface area contributed by atoms with Gasteiger partial charge in [-0.1, -0.05) is 31.4 Å². The Bertz CT molecular complexity index is 797. The topological polar surface area (TPSA) is 75.3 Å². The minimum Gasteiger partial charge on any atom is -0.465 e. The van der Waals surface area contributed by atoms with Gasteiger partial charge in [-0.05, 0) is 42.7 Å². The van der Waals surface area contributed by atoms with Crippen molar-refractivity contribution in [1.29, 1.82) is 5.26 Å². The van der Waals surface area contributed by atoms with Crippen LogP contribution in [-0.2, 0) is 16.1 Å². The number of amides is 1. The van der Waals surface area contributed by atoms with Crippen LogP contribution in [0, 0.1) is 11.3 Å². The highest BCUT2D eigenvalue weighted by molar-refractivity contribution is 6.09. The number of hydrogen-bond donors (Lipinski definition) is 1. The van der Waals surface area contributed by atoms with Gasteiger partial charge in [0.05, 0.1) is 19.0 Å². The summed E-state index contributed by atoms with van der Waals surface area (Å²) in [7, 11) is 0. The fraction of sp³-hybridized carbons (Fsp3) is 0.333. The second kappa shape index (κ2) is 9.02. The maximum atomic E-state index is 12.3. The van der Waals surface area contributed by atoms with Gasteiger partial charge >= 0.3 is 0 Å². The second-order valence-electron chi connectivity index (χ2n) is 6.41. The Balaban J connectivity index is 1.60. The Morgan fingerprint density at radius 2 is 2.12 bits per heavy atom. The van der Waals surface area contributed by atoms with Crippen molar-refractivity contribution in [3.8, 4) is 6.07 Å². The molecule has 1 aliphatic rings. The minimum absolute atomic E-state index is 0.0104. The number of ether oxygens (including phenoxy) is 1. The van der Waals surface area contributed by atoms with Gasteiger partial charge in [0.25, 0.3) is 5.91 Å². The molecule has 5 heteroatoms. The minimum atomic E-state index is -0.464. The first-order chi connectivity index (χ1) is 12.7. The largest absolute Gasteiger partial charge is 0.465 e. The highest BCUT2D eigenvalue weighted by atomic mass is 16.5. The van der Waals surface area contributed by atoms with Crippen LogP contribution in [0.4, 0.5) is 5.69 Å². The van der Waals surface area contributed by atoms with Crippen molar-refractivity contribution in [3.05, 3.63) is 59.6 Å². The normalized spacial score (nSPS) is 15.4. The Labute approximate surface area is 153 Å². The van der Waals surface area contributed by atoms with Gasteiger partial charge in [-0.25, -0.2) is 0 Å². The Morgan fingerprint density at radius 1 is 1.27 bits per heavy atom. The van der Waals surface area contributed by atoms with E-state index in [0.717, 1.165) is 18.4 Å². The number of anilines is 1. The number of rotatable bonds is 6. The lowest BCUT2D eigenvalue weighted by Crippen LogP contribution is -2.16. The third kappa shape index (κ3) is 5.08. The molecular weight excluding hydrogens is 328 g/mol. The van der Waals surface area contributed by atoms with E-state index >= 15 is 0 Å². The third-order valence-electron chi connectivity index (χ3n) is 4.42. The molecule has 0 spiro atoms. The van der Waals surface area contributed by atoms with Crippen LogP contribution in [0.3, 0.4) is 0 Å². The number of benzene rings is 1. The molecule has 0 bridgehead atoms. The van der Waals surface area contributed by atoms with Gasteiger partial charge in [0.15, 0.2) is 0 Å². The summed E-state index contributed by atoms with van der Waals surface area (Å²) in [6.45, 7) is 0.529. The maximum absolute atomic E-state index is 12.3. The SMILES string of the molecule is N#C/C(=C\c1ccco1)C(=O)Nc1cccc(COC2CCCCC2)c1. The molecule has 0 aliphatic heterocycles. The van der Waals surface area contributed by atoms with Gasteiger partial charge in [0, 0.05) is 11.8 Å². The van der Waals surface area contributed by atoms with E-state index in [1.54, 1.807) is 18.2 Å². The van der Waals surface area contributed by atoms with E-state index in [0.29, 0.717) is 24.2 Å². The first-order valence-corrected chi connectivity index (χ1v) is 8.92. The fourth-order valence-electron chi connectivity index (χ4n) is 3.05. The molecular formula is C21H22N2O3. The fourth-order valence-corrected chi connectivity index (χ4v) is 3.05. The van der Waals surface area contributed by atoms with Gasteiger partial charge in [0.2, 0.25) is 0 Å². The Morgan fingerprint density at radius 3 is 2.85 bits per heavy atom. The van der Waals surface area contributed by atoms with Crippen LogP contribution in [0.1, 0.15) is 43.4 Å². The molecule has 0 saturated heterocycles. The summed E-state index contributed by atoms with van der Waals surface area (Å²) >= 11 is 0. The van der Waals surface area contributed by atoms with Crippen LogP contribution in [0.15, 0.2) is 52.7 Å². The summed E-state index contributed by atoms with van der Waals surface area (Å²) < 4.78 is 11.1.